The maximum Gasteiger partial charge on any atom is 0.115 e. The van der Waals surface area contributed by atoms with Gasteiger partial charge in [-0.3, -0.25) is 0 Å². The highest BCUT2D eigenvalue weighted by molar-refractivity contribution is 9.10. The van der Waals surface area contributed by atoms with E-state index in [1.807, 2.05) is 36.4 Å². The first kappa shape index (κ1) is 12.9. The minimum atomic E-state index is 0.282. The van der Waals surface area contributed by atoms with Gasteiger partial charge in [0.15, 0.2) is 0 Å². The van der Waals surface area contributed by atoms with Gasteiger partial charge in [-0.15, -0.1) is 0 Å². The van der Waals surface area contributed by atoms with Gasteiger partial charge < -0.3 is 5.11 Å². The van der Waals surface area contributed by atoms with Crippen LogP contribution in [0, 0.1) is 0 Å². The second kappa shape index (κ2) is 5.51. The molecule has 0 atom stereocenters. The molecule has 20 heavy (non-hydrogen) atoms. The van der Waals surface area contributed by atoms with E-state index in [0.29, 0.717) is 0 Å². The van der Waals surface area contributed by atoms with Gasteiger partial charge in [-0.25, -0.2) is 0 Å². The van der Waals surface area contributed by atoms with Gasteiger partial charge in [0.25, 0.3) is 0 Å². The normalized spacial score (nSPS) is 10.4. The van der Waals surface area contributed by atoms with E-state index in [9.17, 15) is 5.11 Å². The number of hydrogen-bond donors (Lipinski definition) is 1. The van der Waals surface area contributed by atoms with Crippen LogP contribution in [0.5, 0.6) is 5.75 Å². The first-order valence-electron chi connectivity index (χ1n) is 6.38. The van der Waals surface area contributed by atoms with Crippen molar-refractivity contribution in [1.82, 2.24) is 0 Å². The second-order valence-electron chi connectivity index (χ2n) is 4.60. The minimum Gasteiger partial charge on any atom is -0.508 e. The Balaban J connectivity index is 2.19. The Bertz CT molecular complexity index is 718. The average molecular weight is 325 g/mol. The Morgan fingerprint density at radius 3 is 2.00 bits per heavy atom. The molecule has 0 aliphatic heterocycles. The molecule has 3 rings (SSSR count). The van der Waals surface area contributed by atoms with E-state index < -0.39 is 0 Å². The molecule has 1 nitrogen and oxygen atoms in total. The lowest BCUT2D eigenvalue weighted by molar-refractivity contribution is 0.475. The molecule has 0 saturated heterocycles. The Morgan fingerprint density at radius 2 is 1.30 bits per heavy atom. The van der Waals surface area contributed by atoms with Crippen molar-refractivity contribution < 1.29 is 5.11 Å². The van der Waals surface area contributed by atoms with Gasteiger partial charge in [-0.1, -0.05) is 64.5 Å². The van der Waals surface area contributed by atoms with E-state index in [4.69, 9.17) is 0 Å². The number of halogens is 1. The molecule has 0 radical (unpaired) electrons. The number of hydrogen-bond acceptors (Lipinski definition) is 1. The van der Waals surface area contributed by atoms with Crippen molar-refractivity contribution in [3.8, 4) is 28.0 Å². The average Bonchev–Trinajstić information content (AvgIpc) is 2.49. The van der Waals surface area contributed by atoms with Gasteiger partial charge in [-0.2, -0.15) is 0 Å². The summed E-state index contributed by atoms with van der Waals surface area (Å²) in [5, 5.41) is 9.44. The zero-order valence-corrected chi connectivity index (χ0v) is 12.3. The van der Waals surface area contributed by atoms with Crippen LogP contribution in [0.1, 0.15) is 0 Å². The smallest absolute Gasteiger partial charge is 0.115 e. The van der Waals surface area contributed by atoms with Gasteiger partial charge in [0.2, 0.25) is 0 Å². The second-order valence-corrected chi connectivity index (χ2v) is 5.52. The zero-order chi connectivity index (χ0) is 13.9. The fraction of sp³-hybridized carbons (Fsp3) is 0. The number of aromatic hydroxyl groups is 1. The predicted molar refractivity (Wildman–Crippen MR) is 86.7 cm³/mol. The monoisotopic (exact) mass is 324 g/mol. The molecule has 3 aromatic rings. The third kappa shape index (κ3) is 2.61. The van der Waals surface area contributed by atoms with Crippen LogP contribution in [0.25, 0.3) is 22.3 Å². The molecule has 0 saturated carbocycles. The van der Waals surface area contributed by atoms with Gasteiger partial charge in [0, 0.05) is 4.47 Å². The van der Waals surface area contributed by atoms with Crippen LogP contribution in [-0.2, 0) is 0 Å². The molecule has 0 aromatic heterocycles. The summed E-state index contributed by atoms with van der Waals surface area (Å²) in [5.41, 5.74) is 4.59. The van der Waals surface area contributed by atoms with Crippen molar-refractivity contribution >= 4 is 15.9 Å². The molecule has 0 bridgehead atoms. The van der Waals surface area contributed by atoms with Crippen LogP contribution < -0.4 is 0 Å². The van der Waals surface area contributed by atoms with Gasteiger partial charge in [-0.05, 0) is 46.5 Å². The summed E-state index contributed by atoms with van der Waals surface area (Å²) in [6, 6.07) is 23.9. The maximum absolute atomic E-state index is 9.44. The van der Waals surface area contributed by atoms with Gasteiger partial charge in [0.05, 0.1) is 0 Å². The molecule has 0 fully saturated rings. The summed E-state index contributed by atoms with van der Waals surface area (Å²) in [6.07, 6.45) is 0. The zero-order valence-electron chi connectivity index (χ0n) is 10.8. The van der Waals surface area contributed by atoms with Crippen LogP contribution in [0.3, 0.4) is 0 Å². The summed E-state index contributed by atoms with van der Waals surface area (Å²) >= 11 is 3.53. The summed E-state index contributed by atoms with van der Waals surface area (Å²) in [6.45, 7) is 0. The van der Waals surface area contributed by atoms with Crippen LogP contribution in [0.4, 0.5) is 0 Å². The summed E-state index contributed by atoms with van der Waals surface area (Å²) in [4.78, 5) is 0. The van der Waals surface area contributed by atoms with Crippen molar-refractivity contribution in [3.63, 3.8) is 0 Å². The molecule has 0 heterocycles. The highest BCUT2D eigenvalue weighted by Gasteiger charge is 2.08. The fourth-order valence-corrected chi connectivity index (χ4v) is 2.63. The van der Waals surface area contributed by atoms with Crippen LogP contribution in [0.2, 0.25) is 0 Å². The third-order valence-corrected chi connectivity index (χ3v) is 3.74. The summed E-state index contributed by atoms with van der Waals surface area (Å²) in [7, 11) is 0. The molecule has 0 amide bonds. The first-order valence-corrected chi connectivity index (χ1v) is 7.18. The molecule has 1 N–H and O–H groups in total. The SMILES string of the molecule is Oc1ccc(-c2cc(Br)ccc2-c2ccccc2)cc1. The number of rotatable bonds is 2. The predicted octanol–water partition coefficient (Wildman–Crippen LogP) is 5.49. The molecule has 0 aliphatic carbocycles. The third-order valence-electron chi connectivity index (χ3n) is 3.24. The Kier molecular flexibility index (Phi) is 3.57. The van der Waals surface area contributed by atoms with Crippen LogP contribution in [0.15, 0.2) is 77.3 Å². The van der Waals surface area contributed by atoms with Crippen LogP contribution >= 0.6 is 15.9 Å². The molecule has 2 heteroatoms. The summed E-state index contributed by atoms with van der Waals surface area (Å²) in [5.74, 6) is 0.282. The van der Waals surface area contributed by atoms with Gasteiger partial charge >= 0.3 is 0 Å². The molecule has 98 valence electrons. The maximum atomic E-state index is 9.44. The van der Waals surface area contributed by atoms with Crippen molar-refractivity contribution in [2.24, 2.45) is 0 Å². The Hall–Kier alpha value is -2.06. The standard InChI is InChI=1S/C18H13BrO/c19-15-8-11-17(13-4-2-1-3-5-13)18(12-15)14-6-9-16(20)10-7-14/h1-12,20H. The molecule has 3 aromatic carbocycles. The highest BCUT2D eigenvalue weighted by atomic mass is 79.9. The van der Waals surface area contributed by atoms with Crippen molar-refractivity contribution in [3.05, 3.63) is 77.3 Å². The first-order chi connectivity index (χ1) is 9.74. The highest BCUT2D eigenvalue weighted by Crippen LogP contribution is 2.34. The summed E-state index contributed by atoms with van der Waals surface area (Å²) < 4.78 is 1.04. The largest absolute Gasteiger partial charge is 0.508 e. The van der Waals surface area contributed by atoms with Crippen molar-refractivity contribution in [1.29, 1.82) is 0 Å². The van der Waals surface area contributed by atoms with E-state index in [0.717, 1.165) is 15.6 Å². The van der Waals surface area contributed by atoms with Gasteiger partial charge in [0.1, 0.15) is 5.75 Å². The topological polar surface area (TPSA) is 20.2 Å². The fourth-order valence-electron chi connectivity index (χ4n) is 2.27. The number of benzene rings is 3. The quantitative estimate of drug-likeness (QED) is 0.661. The van der Waals surface area contributed by atoms with E-state index >= 15 is 0 Å². The van der Waals surface area contributed by atoms with E-state index in [2.05, 4.69) is 40.2 Å². The Labute approximate surface area is 126 Å². The van der Waals surface area contributed by atoms with E-state index in [-0.39, 0.29) is 5.75 Å². The number of phenolic OH excluding ortho intramolecular Hbond substituents is 1. The van der Waals surface area contributed by atoms with E-state index in [1.54, 1.807) is 12.1 Å². The lowest BCUT2D eigenvalue weighted by Gasteiger charge is -2.11. The molecular formula is C18H13BrO. The molecular weight excluding hydrogens is 312 g/mol. The van der Waals surface area contributed by atoms with Crippen LogP contribution in [-0.4, -0.2) is 5.11 Å². The molecule has 0 aliphatic rings. The lowest BCUT2D eigenvalue weighted by atomic mass is 9.95. The van der Waals surface area contributed by atoms with Crippen molar-refractivity contribution in [2.45, 2.75) is 0 Å². The minimum absolute atomic E-state index is 0.282. The number of phenols is 1. The molecule has 0 spiro atoms. The lowest BCUT2D eigenvalue weighted by Crippen LogP contribution is -1.85. The Morgan fingerprint density at radius 1 is 0.650 bits per heavy atom. The van der Waals surface area contributed by atoms with Crippen molar-refractivity contribution in [2.75, 3.05) is 0 Å². The molecule has 0 unspecified atom stereocenters. The van der Waals surface area contributed by atoms with E-state index in [1.165, 1.54) is 11.1 Å².